The zero-order valence-electron chi connectivity index (χ0n) is 16.0. The maximum absolute atomic E-state index is 12.7. The molecule has 1 aliphatic heterocycles. The van der Waals surface area contributed by atoms with E-state index in [1.165, 1.54) is 68.5 Å². The van der Waals surface area contributed by atoms with Gasteiger partial charge in [-0.3, -0.25) is 4.79 Å². The molecule has 1 fully saturated rings. The first-order chi connectivity index (χ1) is 12.0. The van der Waals surface area contributed by atoms with Gasteiger partial charge in [-0.1, -0.05) is 33.1 Å². The van der Waals surface area contributed by atoms with Gasteiger partial charge in [0.2, 0.25) is 0 Å². The number of hydrogen-bond acceptors (Lipinski definition) is 3. The predicted molar refractivity (Wildman–Crippen MR) is 107 cm³/mol. The fourth-order valence-electron chi connectivity index (χ4n) is 4.14. The normalized spacial score (nSPS) is 19.8. The van der Waals surface area contributed by atoms with Crippen molar-refractivity contribution in [2.24, 2.45) is 5.41 Å². The lowest BCUT2D eigenvalue weighted by Crippen LogP contribution is -2.43. The Morgan fingerprint density at radius 2 is 1.76 bits per heavy atom. The second-order valence-corrected chi connectivity index (χ2v) is 9.79. The van der Waals surface area contributed by atoms with E-state index >= 15 is 0 Å². The first-order valence-electron chi connectivity index (χ1n) is 10.2. The standard InChI is InChI=1S/C21H34N2OS/c1-21(2,16-23-12-8-5-9-13-23)15-22-20(24)19-14-17-10-6-3-4-7-11-18(17)25-19/h14H,3-13,15-16H2,1-2H3,(H,22,24). The largest absolute Gasteiger partial charge is 0.351 e. The van der Waals surface area contributed by atoms with Crippen molar-refractivity contribution in [1.82, 2.24) is 10.2 Å². The van der Waals surface area contributed by atoms with E-state index in [1.807, 2.05) is 0 Å². The van der Waals surface area contributed by atoms with Gasteiger partial charge >= 0.3 is 0 Å². The highest BCUT2D eigenvalue weighted by molar-refractivity contribution is 7.14. The molecule has 3 nitrogen and oxygen atoms in total. The third-order valence-electron chi connectivity index (χ3n) is 5.55. The maximum atomic E-state index is 12.7. The molecule has 140 valence electrons. The second kappa shape index (κ2) is 8.68. The van der Waals surface area contributed by atoms with Crippen molar-refractivity contribution in [2.75, 3.05) is 26.2 Å². The molecule has 0 saturated carbocycles. The molecule has 1 N–H and O–H groups in total. The number of nitrogens with one attached hydrogen (secondary N) is 1. The summed E-state index contributed by atoms with van der Waals surface area (Å²) in [6, 6.07) is 2.16. The Balaban J connectivity index is 1.53. The van der Waals surface area contributed by atoms with Crippen LogP contribution in [0.25, 0.3) is 0 Å². The molecule has 2 heterocycles. The van der Waals surface area contributed by atoms with Crippen molar-refractivity contribution >= 4 is 17.2 Å². The summed E-state index contributed by atoms with van der Waals surface area (Å²) in [4.78, 5) is 17.6. The van der Waals surface area contributed by atoms with Crippen molar-refractivity contribution in [3.8, 4) is 0 Å². The molecule has 1 aromatic rings. The van der Waals surface area contributed by atoms with Crippen molar-refractivity contribution < 1.29 is 4.79 Å². The number of aryl methyl sites for hydroxylation is 2. The van der Waals surface area contributed by atoms with Crippen LogP contribution in [-0.4, -0.2) is 37.0 Å². The fourth-order valence-corrected chi connectivity index (χ4v) is 5.31. The summed E-state index contributed by atoms with van der Waals surface area (Å²) < 4.78 is 0. The highest BCUT2D eigenvalue weighted by Gasteiger charge is 2.24. The van der Waals surface area contributed by atoms with Gasteiger partial charge in [-0.25, -0.2) is 0 Å². The topological polar surface area (TPSA) is 32.3 Å². The number of carbonyl (C=O) groups excluding carboxylic acids is 1. The fraction of sp³-hybridized carbons (Fsp3) is 0.762. The summed E-state index contributed by atoms with van der Waals surface area (Å²) in [6.07, 6.45) is 11.5. The number of thiophene rings is 1. The smallest absolute Gasteiger partial charge is 0.261 e. The van der Waals surface area contributed by atoms with Crippen LogP contribution in [0.2, 0.25) is 0 Å². The first-order valence-corrected chi connectivity index (χ1v) is 11.0. The molecule has 0 bridgehead atoms. The summed E-state index contributed by atoms with van der Waals surface area (Å²) >= 11 is 1.73. The third kappa shape index (κ3) is 5.55. The van der Waals surface area contributed by atoms with Gasteiger partial charge in [-0.15, -0.1) is 11.3 Å². The summed E-state index contributed by atoms with van der Waals surface area (Å²) in [7, 11) is 0. The average Bonchev–Trinajstić information content (AvgIpc) is 2.95. The molecule has 1 amide bonds. The van der Waals surface area contributed by atoms with Crippen LogP contribution in [0.3, 0.4) is 0 Å². The summed E-state index contributed by atoms with van der Waals surface area (Å²) in [5.74, 6) is 0.128. The van der Waals surface area contributed by atoms with E-state index < -0.39 is 0 Å². The molecule has 0 spiro atoms. The number of likely N-dealkylation sites (tertiary alicyclic amines) is 1. The minimum Gasteiger partial charge on any atom is -0.351 e. The highest BCUT2D eigenvalue weighted by Crippen LogP contribution is 2.28. The zero-order valence-corrected chi connectivity index (χ0v) is 16.8. The van der Waals surface area contributed by atoms with E-state index in [9.17, 15) is 4.79 Å². The van der Waals surface area contributed by atoms with Crippen LogP contribution in [0.15, 0.2) is 6.07 Å². The zero-order chi connectivity index (χ0) is 17.7. The first kappa shape index (κ1) is 18.9. The van der Waals surface area contributed by atoms with Crippen LogP contribution in [0.4, 0.5) is 0 Å². The van der Waals surface area contributed by atoms with Gasteiger partial charge < -0.3 is 10.2 Å². The van der Waals surface area contributed by atoms with Crippen molar-refractivity contribution in [3.63, 3.8) is 0 Å². The second-order valence-electron chi connectivity index (χ2n) is 8.66. The molecule has 1 saturated heterocycles. The van der Waals surface area contributed by atoms with Gasteiger partial charge in [0.05, 0.1) is 4.88 Å². The molecule has 0 atom stereocenters. The SMILES string of the molecule is CC(C)(CNC(=O)c1cc2c(s1)CCCCCC2)CN1CCCCC1. The van der Waals surface area contributed by atoms with Crippen LogP contribution in [0.1, 0.15) is 78.9 Å². The summed E-state index contributed by atoms with van der Waals surface area (Å²) in [5.41, 5.74) is 1.56. The molecule has 4 heteroatoms. The minimum atomic E-state index is 0.124. The van der Waals surface area contributed by atoms with Gasteiger partial charge in [-0.2, -0.15) is 0 Å². The van der Waals surface area contributed by atoms with E-state index in [0.29, 0.717) is 0 Å². The predicted octanol–water partition coefficient (Wildman–Crippen LogP) is 4.65. The van der Waals surface area contributed by atoms with E-state index in [4.69, 9.17) is 0 Å². The molecule has 1 aromatic heterocycles. The van der Waals surface area contributed by atoms with Gasteiger partial charge in [0.25, 0.3) is 5.91 Å². The van der Waals surface area contributed by atoms with Crippen LogP contribution in [-0.2, 0) is 12.8 Å². The quantitative estimate of drug-likeness (QED) is 0.827. The average molecular weight is 363 g/mol. The number of hydrogen-bond donors (Lipinski definition) is 1. The summed E-state index contributed by atoms with van der Waals surface area (Å²) in [6.45, 7) is 8.81. The van der Waals surface area contributed by atoms with Crippen molar-refractivity contribution in [2.45, 2.75) is 71.6 Å². The summed E-state index contributed by atoms with van der Waals surface area (Å²) in [5, 5.41) is 3.21. The molecule has 25 heavy (non-hydrogen) atoms. The van der Waals surface area contributed by atoms with E-state index in [2.05, 4.69) is 30.1 Å². The number of carbonyl (C=O) groups is 1. The van der Waals surface area contributed by atoms with Gasteiger partial charge in [0, 0.05) is 18.0 Å². The molecule has 1 aliphatic carbocycles. The van der Waals surface area contributed by atoms with E-state index in [0.717, 1.165) is 30.8 Å². The Kier molecular flexibility index (Phi) is 6.56. The van der Waals surface area contributed by atoms with Gasteiger partial charge in [-0.05, 0) is 68.7 Å². The van der Waals surface area contributed by atoms with Crippen LogP contribution < -0.4 is 5.32 Å². The number of fused-ring (bicyclic) bond motifs is 1. The minimum absolute atomic E-state index is 0.124. The Morgan fingerprint density at radius 3 is 2.52 bits per heavy atom. The number of nitrogens with zero attached hydrogens (tertiary/aromatic N) is 1. The van der Waals surface area contributed by atoms with E-state index in [-0.39, 0.29) is 11.3 Å². The highest BCUT2D eigenvalue weighted by atomic mass is 32.1. The van der Waals surface area contributed by atoms with Crippen LogP contribution in [0, 0.1) is 5.41 Å². The van der Waals surface area contributed by atoms with Gasteiger partial charge in [0.15, 0.2) is 0 Å². The number of piperidine rings is 1. The van der Waals surface area contributed by atoms with Gasteiger partial charge in [0.1, 0.15) is 0 Å². The Bertz CT molecular complexity index is 547. The van der Waals surface area contributed by atoms with Crippen LogP contribution in [0.5, 0.6) is 0 Å². The molecule has 0 unspecified atom stereocenters. The molecule has 0 radical (unpaired) electrons. The third-order valence-corrected chi connectivity index (χ3v) is 6.78. The lowest BCUT2D eigenvalue weighted by molar-refractivity contribution is 0.0919. The molecule has 2 aliphatic rings. The molecule has 3 rings (SSSR count). The van der Waals surface area contributed by atoms with Crippen LogP contribution >= 0.6 is 11.3 Å². The van der Waals surface area contributed by atoms with E-state index in [1.54, 1.807) is 11.3 Å². The monoisotopic (exact) mass is 362 g/mol. The Morgan fingerprint density at radius 1 is 1.08 bits per heavy atom. The Labute approximate surface area is 157 Å². The molecular formula is C21H34N2OS. The van der Waals surface area contributed by atoms with Crippen molar-refractivity contribution in [1.29, 1.82) is 0 Å². The lowest BCUT2D eigenvalue weighted by atomic mass is 9.91. The number of rotatable bonds is 5. The Hall–Kier alpha value is -0.870. The number of amides is 1. The molecule has 0 aromatic carbocycles. The maximum Gasteiger partial charge on any atom is 0.261 e. The lowest BCUT2D eigenvalue weighted by Gasteiger charge is -2.35. The molecular weight excluding hydrogens is 328 g/mol. The van der Waals surface area contributed by atoms with Crippen molar-refractivity contribution in [3.05, 3.63) is 21.4 Å².